The Labute approximate surface area is 121 Å². The van der Waals surface area contributed by atoms with E-state index >= 15 is 0 Å². The number of carbonyl (C=O) groups excluding carboxylic acids is 2. The van der Waals surface area contributed by atoms with Gasteiger partial charge >= 0.3 is 11.8 Å². The summed E-state index contributed by atoms with van der Waals surface area (Å²) < 4.78 is 26.2. The molecule has 1 aliphatic carbocycles. The zero-order chi connectivity index (χ0) is 15.2. The molecule has 2 N–H and O–H groups in total. The van der Waals surface area contributed by atoms with Gasteiger partial charge in [0, 0.05) is 12.1 Å². The van der Waals surface area contributed by atoms with E-state index in [1.165, 1.54) is 0 Å². The predicted molar refractivity (Wildman–Crippen MR) is 74.6 cm³/mol. The molecule has 114 valence electrons. The number of carbonyl (C=O) groups is 2. The molecule has 1 aromatic carbocycles. The molecule has 1 aromatic rings. The van der Waals surface area contributed by atoms with Crippen molar-refractivity contribution in [3.63, 3.8) is 0 Å². The average molecular weight is 296 g/mol. The summed E-state index contributed by atoms with van der Waals surface area (Å²) in [5.74, 6) is -3.38. The Hall–Kier alpha value is -1.98. The summed E-state index contributed by atoms with van der Waals surface area (Å²) in [6, 6.07) is 2.74. The van der Waals surface area contributed by atoms with Gasteiger partial charge in [-0.3, -0.25) is 9.59 Å². The fourth-order valence-electron chi connectivity index (χ4n) is 2.44. The minimum atomic E-state index is -0.940. The number of hydrogen-bond donors (Lipinski definition) is 2. The summed E-state index contributed by atoms with van der Waals surface area (Å²) in [6.45, 7) is 0. The van der Waals surface area contributed by atoms with Crippen LogP contribution < -0.4 is 10.6 Å². The van der Waals surface area contributed by atoms with E-state index in [1.54, 1.807) is 0 Å². The molecule has 2 rings (SSSR count). The first-order chi connectivity index (χ1) is 10.1. The maximum atomic E-state index is 13.4. The van der Waals surface area contributed by atoms with Gasteiger partial charge in [-0.1, -0.05) is 25.7 Å². The van der Waals surface area contributed by atoms with Gasteiger partial charge in [0.15, 0.2) is 0 Å². The third-order valence-corrected chi connectivity index (χ3v) is 3.58. The molecule has 1 saturated carbocycles. The van der Waals surface area contributed by atoms with Crippen LogP contribution in [0.5, 0.6) is 0 Å². The molecule has 2 amide bonds. The number of benzene rings is 1. The molecule has 1 fully saturated rings. The second-order valence-electron chi connectivity index (χ2n) is 5.24. The summed E-state index contributed by atoms with van der Waals surface area (Å²) in [7, 11) is 0. The Bertz CT molecular complexity index is 526. The average Bonchev–Trinajstić information content (AvgIpc) is 2.70. The molecule has 6 heteroatoms. The van der Waals surface area contributed by atoms with Crippen molar-refractivity contribution in [2.75, 3.05) is 5.32 Å². The predicted octanol–water partition coefficient (Wildman–Crippen LogP) is 2.74. The van der Waals surface area contributed by atoms with E-state index in [0.29, 0.717) is 6.07 Å². The molecule has 0 saturated heterocycles. The molecule has 0 aliphatic heterocycles. The number of hydrogen-bond acceptors (Lipinski definition) is 2. The van der Waals surface area contributed by atoms with Crippen LogP contribution in [-0.4, -0.2) is 17.9 Å². The monoisotopic (exact) mass is 296 g/mol. The number of rotatable bonds is 2. The van der Waals surface area contributed by atoms with E-state index < -0.39 is 23.4 Å². The Morgan fingerprint density at radius 3 is 2.29 bits per heavy atom. The van der Waals surface area contributed by atoms with Gasteiger partial charge in [0.2, 0.25) is 0 Å². The van der Waals surface area contributed by atoms with Crippen LogP contribution in [0.15, 0.2) is 18.2 Å². The van der Waals surface area contributed by atoms with E-state index in [2.05, 4.69) is 10.6 Å². The lowest BCUT2D eigenvalue weighted by molar-refractivity contribution is -0.136. The van der Waals surface area contributed by atoms with Crippen molar-refractivity contribution < 1.29 is 18.4 Å². The van der Waals surface area contributed by atoms with E-state index in [9.17, 15) is 18.4 Å². The van der Waals surface area contributed by atoms with Crippen molar-refractivity contribution in [1.29, 1.82) is 0 Å². The standard InChI is InChI=1S/C15H18F2N2O2/c16-10-7-8-13(12(17)9-10)19-15(21)14(20)18-11-5-3-1-2-4-6-11/h7-9,11H,1-6H2,(H,18,20)(H,19,21). The smallest absolute Gasteiger partial charge is 0.313 e. The van der Waals surface area contributed by atoms with Gasteiger partial charge in [0.25, 0.3) is 0 Å². The van der Waals surface area contributed by atoms with Gasteiger partial charge in [-0.15, -0.1) is 0 Å². The van der Waals surface area contributed by atoms with Gasteiger partial charge in [-0.05, 0) is 25.0 Å². The highest BCUT2D eigenvalue weighted by Crippen LogP contribution is 2.17. The molecule has 0 atom stereocenters. The molecular formula is C15H18F2N2O2. The highest BCUT2D eigenvalue weighted by Gasteiger charge is 2.20. The molecule has 0 bridgehead atoms. The van der Waals surface area contributed by atoms with Gasteiger partial charge < -0.3 is 10.6 Å². The maximum Gasteiger partial charge on any atom is 0.313 e. The second kappa shape index (κ2) is 7.15. The normalized spacial score (nSPS) is 16.1. The Morgan fingerprint density at radius 1 is 1.00 bits per heavy atom. The summed E-state index contributed by atoms with van der Waals surface area (Å²) in [5.41, 5.74) is -0.211. The first-order valence-electron chi connectivity index (χ1n) is 7.13. The lowest BCUT2D eigenvalue weighted by atomic mass is 10.1. The highest BCUT2D eigenvalue weighted by molar-refractivity contribution is 6.39. The molecule has 0 radical (unpaired) electrons. The summed E-state index contributed by atoms with van der Waals surface area (Å²) in [4.78, 5) is 23.5. The van der Waals surface area contributed by atoms with Crippen molar-refractivity contribution >= 4 is 17.5 Å². The molecular weight excluding hydrogens is 278 g/mol. The van der Waals surface area contributed by atoms with Crippen LogP contribution >= 0.6 is 0 Å². The number of anilines is 1. The lowest BCUT2D eigenvalue weighted by Gasteiger charge is -2.15. The third-order valence-electron chi connectivity index (χ3n) is 3.58. The van der Waals surface area contributed by atoms with E-state index in [4.69, 9.17) is 0 Å². The molecule has 4 nitrogen and oxygen atoms in total. The highest BCUT2D eigenvalue weighted by atomic mass is 19.1. The first-order valence-corrected chi connectivity index (χ1v) is 7.13. The van der Waals surface area contributed by atoms with Crippen molar-refractivity contribution in [3.8, 4) is 0 Å². The minimum absolute atomic E-state index is 0.0104. The van der Waals surface area contributed by atoms with Crippen molar-refractivity contribution in [2.24, 2.45) is 0 Å². The van der Waals surface area contributed by atoms with Crippen LogP contribution in [0.1, 0.15) is 38.5 Å². The third kappa shape index (κ3) is 4.51. The maximum absolute atomic E-state index is 13.4. The van der Waals surface area contributed by atoms with E-state index in [0.717, 1.165) is 50.7 Å². The van der Waals surface area contributed by atoms with Crippen LogP contribution in [0.3, 0.4) is 0 Å². The molecule has 1 aliphatic rings. The minimum Gasteiger partial charge on any atom is -0.345 e. The van der Waals surface area contributed by atoms with Gasteiger partial charge in [0.1, 0.15) is 11.6 Å². The Balaban J connectivity index is 1.91. The summed E-state index contributed by atoms with van der Waals surface area (Å²) in [5, 5.41) is 4.81. The number of amides is 2. The number of halogens is 2. The topological polar surface area (TPSA) is 58.2 Å². The summed E-state index contributed by atoms with van der Waals surface area (Å²) in [6.07, 6.45) is 6.03. The summed E-state index contributed by atoms with van der Waals surface area (Å²) >= 11 is 0. The van der Waals surface area contributed by atoms with Crippen LogP contribution in [0.25, 0.3) is 0 Å². The van der Waals surface area contributed by atoms with Crippen LogP contribution in [0.2, 0.25) is 0 Å². The van der Waals surface area contributed by atoms with Gasteiger partial charge in [0.05, 0.1) is 5.69 Å². The van der Waals surface area contributed by atoms with Gasteiger partial charge in [-0.25, -0.2) is 8.78 Å². The quantitative estimate of drug-likeness (QED) is 0.651. The zero-order valence-electron chi connectivity index (χ0n) is 11.6. The lowest BCUT2D eigenvalue weighted by Crippen LogP contribution is -2.41. The van der Waals surface area contributed by atoms with Crippen LogP contribution in [0, 0.1) is 11.6 Å². The first kappa shape index (κ1) is 15.4. The van der Waals surface area contributed by atoms with Crippen LogP contribution in [-0.2, 0) is 9.59 Å². The molecule has 0 heterocycles. The fourth-order valence-corrected chi connectivity index (χ4v) is 2.44. The van der Waals surface area contributed by atoms with E-state index in [-0.39, 0.29) is 11.7 Å². The molecule has 0 unspecified atom stereocenters. The van der Waals surface area contributed by atoms with Crippen LogP contribution in [0.4, 0.5) is 14.5 Å². The SMILES string of the molecule is O=C(Nc1ccc(F)cc1F)C(=O)NC1CCCCCC1. The van der Waals surface area contributed by atoms with Crippen molar-refractivity contribution in [1.82, 2.24) is 5.32 Å². The Morgan fingerprint density at radius 2 is 1.67 bits per heavy atom. The largest absolute Gasteiger partial charge is 0.345 e. The number of nitrogens with one attached hydrogen (secondary N) is 2. The van der Waals surface area contributed by atoms with Crippen molar-refractivity contribution in [3.05, 3.63) is 29.8 Å². The molecule has 21 heavy (non-hydrogen) atoms. The van der Waals surface area contributed by atoms with Gasteiger partial charge in [-0.2, -0.15) is 0 Å². The van der Waals surface area contributed by atoms with Crippen molar-refractivity contribution in [2.45, 2.75) is 44.6 Å². The zero-order valence-corrected chi connectivity index (χ0v) is 11.6. The molecule has 0 aromatic heterocycles. The van der Waals surface area contributed by atoms with E-state index in [1.807, 2.05) is 0 Å². The fraction of sp³-hybridized carbons (Fsp3) is 0.467. The Kier molecular flexibility index (Phi) is 5.25. The second-order valence-corrected chi connectivity index (χ2v) is 5.24. The molecule has 0 spiro atoms.